The fourth-order valence-corrected chi connectivity index (χ4v) is 4.66. The van der Waals surface area contributed by atoms with Crippen LogP contribution in [0.5, 0.6) is 11.5 Å². The van der Waals surface area contributed by atoms with Crippen LogP contribution >= 0.6 is 0 Å². The minimum Gasteiger partial charge on any atom is -0.490 e. The lowest BCUT2D eigenvalue weighted by Gasteiger charge is -2.32. The third-order valence-corrected chi connectivity index (χ3v) is 6.73. The van der Waals surface area contributed by atoms with Crippen LogP contribution in [0.4, 0.5) is 0 Å². The van der Waals surface area contributed by atoms with E-state index < -0.39 is 0 Å². The van der Waals surface area contributed by atoms with Gasteiger partial charge in [-0.25, -0.2) is 4.98 Å². The average Bonchev–Trinajstić information content (AvgIpc) is 3.25. The van der Waals surface area contributed by atoms with E-state index in [1.54, 1.807) is 0 Å². The number of piperidine rings is 1. The van der Waals surface area contributed by atoms with Gasteiger partial charge in [-0.2, -0.15) is 0 Å². The van der Waals surface area contributed by atoms with E-state index in [2.05, 4.69) is 21.6 Å². The SMILES string of the molecule is CC(=N)N1CCC(Oc2ccc(OCc3nc4cc(C(=N)N)ccc4n3Cc3ccccc3)cc2)CC1. The number of nitrogens with two attached hydrogens (primary N) is 1. The maximum absolute atomic E-state index is 7.78. The molecule has 0 saturated carbocycles. The van der Waals surface area contributed by atoms with E-state index in [0.29, 0.717) is 24.6 Å². The maximum atomic E-state index is 7.78. The Hall–Kier alpha value is -4.33. The molecule has 0 radical (unpaired) electrons. The van der Waals surface area contributed by atoms with E-state index in [4.69, 9.17) is 31.0 Å². The molecule has 0 amide bonds. The zero-order valence-electron chi connectivity index (χ0n) is 21.0. The molecule has 1 fully saturated rings. The predicted octanol–water partition coefficient (Wildman–Crippen LogP) is 4.79. The molecule has 0 aliphatic carbocycles. The van der Waals surface area contributed by atoms with E-state index >= 15 is 0 Å². The largest absolute Gasteiger partial charge is 0.490 e. The van der Waals surface area contributed by atoms with Gasteiger partial charge in [0.05, 0.1) is 16.9 Å². The number of amidine groups is 2. The number of rotatable bonds is 8. The average molecular weight is 497 g/mol. The van der Waals surface area contributed by atoms with Crippen LogP contribution in [-0.4, -0.2) is 45.3 Å². The lowest BCUT2D eigenvalue weighted by molar-refractivity contribution is 0.130. The Kier molecular flexibility index (Phi) is 7.07. The molecule has 8 heteroatoms. The number of hydrogen-bond acceptors (Lipinski definition) is 5. The Morgan fingerprint density at radius 2 is 1.68 bits per heavy atom. The number of nitrogens with zero attached hydrogens (tertiary/aromatic N) is 3. The molecule has 0 bridgehead atoms. The first-order chi connectivity index (χ1) is 18.0. The lowest BCUT2D eigenvalue weighted by Crippen LogP contribution is -2.40. The Morgan fingerprint density at radius 1 is 0.973 bits per heavy atom. The van der Waals surface area contributed by atoms with Crippen molar-refractivity contribution < 1.29 is 9.47 Å². The minimum absolute atomic E-state index is 0.0232. The minimum atomic E-state index is 0.0232. The standard InChI is InChI=1S/C29H32N6O2/c1-20(30)34-15-13-25(14-16-34)37-24-10-8-23(9-11-24)36-19-28-33-26-17-22(29(31)32)7-12-27(26)35(28)18-21-5-3-2-4-6-21/h2-12,17,25,30H,13-16,18-19H2,1H3,(H3,31,32). The van der Waals surface area contributed by atoms with Crippen LogP contribution in [0.1, 0.15) is 36.7 Å². The second-order valence-electron chi connectivity index (χ2n) is 9.37. The fraction of sp³-hybridized carbons (Fsp3) is 0.276. The molecule has 1 aliphatic rings. The monoisotopic (exact) mass is 496 g/mol. The Morgan fingerprint density at radius 3 is 2.35 bits per heavy atom. The van der Waals surface area contributed by atoms with Gasteiger partial charge in [-0.1, -0.05) is 30.3 Å². The molecule has 37 heavy (non-hydrogen) atoms. The fourth-order valence-electron chi connectivity index (χ4n) is 4.66. The molecular weight excluding hydrogens is 464 g/mol. The summed E-state index contributed by atoms with van der Waals surface area (Å²) in [6.45, 7) is 4.52. The van der Waals surface area contributed by atoms with Gasteiger partial charge in [0.25, 0.3) is 0 Å². The van der Waals surface area contributed by atoms with Crippen molar-refractivity contribution >= 4 is 22.7 Å². The van der Waals surface area contributed by atoms with Gasteiger partial charge < -0.3 is 24.7 Å². The summed E-state index contributed by atoms with van der Waals surface area (Å²) in [6.07, 6.45) is 2.00. The van der Waals surface area contributed by atoms with Gasteiger partial charge in [0.2, 0.25) is 0 Å². The summed E-state index contributed by atoms with van der Waals surface area (Å²) in [4.78, 5) is 6.91. The normalized spacial score (nSPS) is 14.0. The second-order valence-corrected chi connectivity index (χ2v) is 9.37. The Labute approximate surface area is 216 Å². The number of hydrogen-bond donors (Lipinski definition) is 3. The van der Waals surface area contributed by atoms with Crippen molar-refractivity contribution in [1.29, 1.82) is 10.8 Å². The summed E-state index contributed by atoms with van der Waals surface area (Å²) < 4.78 is 14.4. The molecule has 1 saturated heterocycles. The molecule has 2 heterocycles. The highest BCUT2D eigenvalue weighted by Gasteiger charge is 2.21. The summed E-state index contributed by atoms with van der Waals surface area (Å²) in [5.41, 5.74) is 9.28. The number of imidazole rings is 1. The smallest absolute Gasteiger partial charge is 0.148 e. The van der Waals surface area contributed by atoms with Gasteiger partial charge in [0.1, 0.15) is 35.9 Å². The van der Waals surface area contributed by atoms with Gasteiger partial charge in [-0.05, 0) is 55.0 Å². The van der Waals surface area contributed by atoms with Crippen molar-refractivity contribution in [1.82, 2.24) is 14.5 Å². The van der Waals surface area contributed by atoms with Gasteiger partial charge in [0.15, 0.2) is 0 Å². The first-order valence-electron chi connectivity index (χ1n) is 12.5. The van der Waals surface area contributed by atoms with Gasteiger partial charge in [0, 0.05) is 38.0 Å². The summed E-state index contributed by atoms with van der Waals surface area (Å²) in [7, 11) is 0. The molecule has 0 atom stereocenters. The summed E-state index contributed by atoms with van der Waals surface area (Å²) in [5.74, 6) is 3.01. The Bertz CT molecular complexity index is 1390. The molecule has 0 unspecified atom stereocenters. The quantitative estimate of drug-likeness (QED) is 0.240. The number of aromatic nitrogens is 2. The van der Waals surface area contributed by atoms with Crippen LogP contribution in [0.2, 0.25) is 0 Å². The van der Waals surface area contributed by atoms with Gasteiger partial charge >= 0.3 is 0 Å². The highest BCUT2D eigenvalue weighted by Crippen LogP contribution is 2.24. The number of nitrogen functional groups attached to an aromatic ring is 1. The number of likely N-dealkylation sites (tertiary alicyclic amines) is 1. The first-order valence-corrected chi connectivity index (χ1v) is 12.5. The molecular formula is C29H32N6O2. The van der Waals surface area contributed by atoms with Crippen LogP contribution in [0, 0.1) is 10.8 Å². The molecule has 4 N–H and O–H groups in total. The molecule has 190 valence electrons. The van der Waals surface area contributed by atoms with Gasteiger partial charge in [-0.3, -0.25) is 10.8 Å². The van der Waals surface area contributed by atoms with Gasteiger partial charge in [-0.15, -0.1) is 0 Å². The van der Waals surface area contributed by atoms with E-state index in [-0.39, 0.29) is 11.9 Å². The van der Waals surface area contributed by atoms with Crippen LogP contribution in [0.15, 0.2) is 72.8 Å². The number of benzene rings is 3. The van der Waals surface area contributed by atoms with E-state index in [0.717, 1.165) is 54.3 Å². The van der Waals surface area contributed by atoms with Crippen molar-refractivity contribution in [2.45, 2.75) is 39.0 Å². The number of fused-ring (bicyclic) bond motifs is 1. The Balaban J connectivity index is 1.28. The van der Waals surface area contributed by atoms with Crippen LogP contribution in [0.25, 0.3) is 11.0 Å². The lowest BCUT2D eigenvalue weighted by atomic mass is 10.1. The van der Waals surface area contributed by atoms with Crippen molar-refractivity contribution in [2.24, 2.45) is 5.73 Å². The van der Waals surface area contributed by atoms with E-state index in [9.17, 15) is 0 Å². The third-order valence-electron chi connectivity index (χ3n) is 6.73. The highest BCUT2D eigenvalue weighted by molar-refractivity contribution is 5.98. The second kappa shape index (κ2) is 10.7. The maximum Gasteiger partial charge on any atom is 0.148 e. The molecule has 5 rings (SSSR count). The van der Waals surface area contributed by atoms with Crippen LogP contribution < -0.4 is 15.2 Å². The van der Waals surface area contributed by atoms with Crippen LogP contribution in [-0.2, 0) is 13.2 Å². The summed E-state index contributed by atoms with van der Waals surface area (Å²) in [5, 5.41) is 15.5. The molecule has 0 spiro atoms. The summed E-state index contributed by atoms with van der Waals surface area (Å²) >= 11 is 0. The van der Waals surface area contributed by atoms with Crippen molar-refractivity contribution in [3.05, 3.63) is 89.7 Å². The molecule has 1 aromatic heterocycles. The molecule has 3 aromatic carbocycles. The zero-order chi connectivity index (χ0) is 25.8. The van der Waals surface area contributed by atoms with Crippen molar-refractivity contribution in [3.63, 3.8) is 0 Å². The topological polar surface area (TPSA) is 113 Å². The zero-order valence-corrected chi connectivity index (χ0v) is 21.0. The van der Waals surface area contributed by atoms with E-state index in [1.165, 1.54) is 5.56 Å². The third kappa shape index (κ3) is 5.74. The highest BCUT2D eigenvalue weighted by atomic mass is 16.5. The number of ether oxygens (including phenoxy) is 2. The molecule has 1 aliphatic heterocycles. The summed E-state index contributed by atoms with van der Waals surface area (Å²) in [6, 6.07) is 23.6. The van der Waals surface area contributed by atoms with Crippen LogP contribution in [0.3, 0.4) is 0 Å². The molecule has 4 aromatic rings. The van der Waals surface area contributed by atoms with Crippen molar-refractivity contribution in [2.75, 3.05) is 13.1 Å². The first kappa shape index (κ1) is 24.4. The molecule has 8 nitrogen and oxygen atoms in total. The van der Waals surface area contributed by atoms with Crippen molar-refractivity contribution in [3.8, 4) is 11.5 Å². The predicted molar refractivity (Wildman–Crippen MR) is 146 cm³/mol. The number of nitrogens with one attached hydrogen (secondary N) is 2. The van der Waals surface area contributed by atoms with E-state index in [1.807, 2.05) is 67.6 Å².